The number of nitrogens with zero attached hydrogens (tertiary/aromatic N) is 5. The average Bonchev–Trinajstić information content (AvgIpc) is 3.62. The van der Waals surface area contributed by atoms with E-state index in [1.165, 1.54) is 11.1 Å². The van der Waals surface area contributed by atoms with Crippen molar-refractivity contribution in [3.05, 3.63) is 108 Å². The minimum atomic E-state index is -0.229. The van der Waals surface area contributed by atoms with Crippen LogP contribution in [0.25, 0.3) is 66.9 Å². The lowest BCUT2D eigenvalue weighted by Gasteiger charge is -2.28. The Morgan fingerprint density at radius 3 is 1.90 bits per heavy atom. The Morgan fingerprint density at radius 2 is 1.18 bits per heavy atom. The lowest BCUT2D eigenvalue weighted by molar-refractivity contribution is 0.446. The van der Waals surface area contributed by atoms with Gasteiger partial charge in [0, 0.05) is 22.1 Å². The van der Waals surface area contributed by atoms with Crippen LogP contribution in [0.15, 0.2) is 91.0 Å². The van der Waals surface area contributed by atoms with Crippen LogP contribution >= 0.6 is 0 Å². The molecule has 4 heterocycles. The second-order valence-electron chi connectivity index (χ2n) is 16.5. The van der Waals surface area contributed by atoms with Crippen LogP contribution in [0.2, 0.25) is 0 Å². The van der Waals surface area contributed by atoms with E-state index in [-0.39, 0.29) is 16.2 Å². The van der Waals surface area contributed by atoms with Crippen LogP contribution in [0.1, 0.15) is 79.0 Å². The molecule has 0 unspecified atom stereocenters. The molecule has 246 valence electrons. The Labute approximate surface area is 287 Å². The number of para-hydroxylation sites is 3. The minimum Gasteiger partial charge on any atom is -0.507 e. The zero-order valence-corrected chi connectivity index (χ0v) is 29.8. The minimum absolute atomic E-state index is 0.0876. The SMILES string of the molecule is CC(C)(C)c1cc(-c2ccc3nc4c5ccccc5n5c6ccccc6nc5n4c3n2)cc(-c2cc(C(C)(C)C)cc(C(C)(C)C)c2O)c1. The third kappa shape index (κ3) is 4.96. The molecule has 0 bridgehead atoms. The molecule has 0 aliphatic rings. The zero-order chi connectivity index (χ0) is 34.6. The summed E-state index contributed by atoms with van der Waals surface area (Å²) in [7, 11) is 0. The van der Waals surface area contributed by atoms with Gasteiger partial charge in [-0.3, -0.25) is 4.40 Å². The van der Waals surface area contributed by atoms with Crippen molar-refractivity contribution in [1.29, 1.82) is 0 Å². The Bertz CT molecular complexity index is 2620. The predicted molar refractivity (Wildman–Crippen MR) is 203 cm³/mol. The van der Waals surface area contributed by atoms with Crippen LogP contribution in [-0.2, 0) is 16.2 Å². The Morgan fingerprint density at radius 1 is 0.531 bits per heavy atom. The number of aromatic hydroxyl groups is 1. The van der Waals surface area contributed by atoms with Crippen molar-refractivity contribution in [2.24, 2.45) is 0 Å². The highest BCUT2D eigenvalue weighted by Gasteiger charge is 2.27. The molecule has 0 spiro atoms. The first-order valence-corrected chi connectivity index (χ1v) is 17.1. The molecule has 8 aromatic rings. The van der Waals surface area contributed by atoms with Crippen LogP contribution in [0.4, 0.5) is 0 Å². The second-order valence-corrected chi connectivity index (χ2v) is 16.5. The summed E-state index contributed by atoms with van der Waals surface area (Å²) in [6.45, 7) is 19.9. The molecule has 4 aromatic carbocycles. The molecule has 0 radical (unpaired) electrons. The van der Waals surface area contributed by atoms with Gasteiger partial charge in [0.05, 0.1) is 22.2 Å². The van der Waals surface area contributed by atoms with Crippen LogP contribution in [-0.4, -0.2) is 28.9 Å². The molecule has 0 saturated carbocycles. The lowest BCUT2D eigenvalue weighted by atomic mass is 9.77. The fourth-order valence-corrected chi connectivity index (χ4v) is 6.97. The number of benzene rings is 4. The summed E-state index contributed by atoms with van der Waals surface area (Å²) in [5, 5.41) is 12.9. The molecule has 6 nitrogen and oxygen atoms in total. The monoisotopic (exact) mass is 645 g/mol. The lowest BCUT2D eigenvalue weighted by Crippen LogP contribution is -2.17. The number of imidazole rings is 2. The van der Waals surface area contributed by atoms with Gasteiger partial charge < -0.3 is 5.11 Å². The van der Waals surface area contributed by atoms with Gasteiger partial charge in [-0.1, -0.05) is 98.7 Å². The molecule has 6 heteroatoms. The molecule has 0 aliphatic carbocycles. The van der Waals surface area contributed by atoms with Gasteiger partial charge in [-0.2, -0.15) is 0 Å². The van der Waals surface area contributed by atoms with E-state index in [0.29, 0.717) is 5.75 Å². The van der Waals surface area contributed by atoms with E-state index in [4.69, 9.17) is 15.0 Å². The Kier molecular flexibility index (Phi) is 6.58. The highest BCUT2D eigenvalue weighted by atomic mass is 16.3. The van der Waals surface area contributed by atoms with Gasteiger partial charge in [-0.25, -0.2) is 19.4 Å². The number of hydrogen-bond acceptors (Lipinski definition) is 4. The molecule has 49 heavy (non-hydrogen) atoms. The molecule has 0 atom stereocenters. The number of fused-ring (bicyclic) bond motifs is 10. The first-order valence-electron chi connectivity index (χ1n) is 17.1. The zero-order valence-electron chi connectivity index (χ0n) is 29.8. The van der Waals surface area contributed by atoms with Crippen LogP contribution in [0.5, 0.6) is 5.75 Å². The highest BCUT2D eigenvalue weighted by molar-refractivity contribution is 6.01. The summed E-state index contributed by atoms with van der Waals surface area (Å²) in [6.07, 6.45) is 0. The second kappa shape index (κ2) is 10.4. The fourth-order valence-electron chi connectivity index (χ4n) is 6.97. The summed E-state index contributed by atoms with van der Waals surface area (Å²) in [5.74, 6) is 1.12. The van der Waals surface area contributed by atoms with Crippen molar-refractivity contribution < 1.29 is 5.11 Å². The Balaban J connectivity index is 1.42. The van der Waals surface area contributed by atoms with Gasteiger partial charge in [0.2, 0.25) is 5.78 Å². The van der Waals surface area contributed by atoms with Crippen molar-refractivity contribution in [2.75, 3.05) is 0 Å². The van der Waals surface area contributed by atoms with Gasteiger partial charge in [0.25, 0.3) is 0 Å². The smallest absolute Gasteiger partial charge is 0.223 e. The molecule has 8 rings (SSSR count). The maximum Gasteiger partial charge on any atom is 0.223 e. The van der Waals surface area contributed by atoms with Gasteiger partial charge in [0.15, 0.2) is 11.3 Å². The van der Waals surface area contributed by atoms with Gasteiger partial charge in [-0.15, -0.1) is 0 Å². The van der Waals surface area contributed by atoms with E-state index in [9.17, 15) is 5.11 Å². The number of rotatable bonds is 2. The van der Waals surface area contributed by atoms with E-state index in [2.05, 4.69) is 156 Å². The quantitative estimate of drug-likeness (QED) is 0.203. The average molecular weight is 646 g/mol. The van der Waals surface area contributed by atoms with Crippen molar-refractivity contribution >= 4 is 44.5 Å². The third-order valence-electron chi connectivity index (χ3n) is 9.82. The fraction of sp³-hybridized carbons (Fsp3) is 0.279. The topological polar surface area (TPSA) is 67.7 Å². The standard InChI is InChI=1S/C43H43N5O/c1-41(2,3)27-21-25(30-23-28(42(4,5)6)24-31(37(30)49)43(7,8)9)20-26(22-27)32-18-19-34-39(44-32)48-38(45-34)29-14-10-12-16-35(29)47-36-17-13-11-15-33(36)46-40(47)48/h10-24,49H,1-9H3. The number of hydrogen-bond donors (Lipinski definition) is 1. The maximum absolute atomic E-state index is 11.9. The van der Waals surface area contributed by atoms with Crippen molar-refractivity contribution in [2.45, 2.75) is 78.6 Å². The van der Waals surface area contributed by atoms with Crippen molar-refractivity contribution in [1.82, 2.24) is 23.8 Å². The number of phenols is 1. The van der Waals surface area contributed by atoms with Gasteiger partial charge in [0.1, 0.15) is 11.3 Å². The maximum atomic E-state index is 11.9. The molecule has 0 amide bonds. The molecular weight excluding hydrogens is 603 g/mol. The summed E-state index contributed by atoms with van der Waals surface area (Å²) >= 11 is 0. The molecular formula is C43H43N5O. The predicted octanol–water partition coefficient (Wildman–Crippen LogP) is 10.8. The van der Waals surface area contributed by atoms with E-state index in [1.807, 2.05) is 6.07 Å². The molecule has 1 N–H and O–H groups in total. The van der Waals surface area contributed by atoms with Gasteiger partial charge >= 0.3 is 0 Å². The largest absolute Gasteiger partial charge is 0.507 e. The van der Waals surface area contributed by atoms with Crippen LogP contribution in [0.3, 0.4) is 0 Å². The molecule has 4 aromatic heterocycles. The number of phenolic OH excluding ortho intramolecular Hbond substituents is 1. The summed E-state index contributed by atoms with van der Waals surface area (Å²) in [6, 6.07) is 31.7. The number of pyridine rings is 1. The van der Waals surface area contributed by atoms with E-state index < -0.39 is 0 Å². The first-order chi connectivity index (χ1) is 23.1. The van der Waals surface area contributed by atoms with E-state index in [1.54, 1.807) is 0 Å². The van der Waals surface area contributed by atoms with Gasteiger partial charge in [-0.05, 0) is 87.5 Å². The molecule has 0 saturated heterocycles. The summed E-state index contributed by atoms with van der Waals surface area (Å²) in [5.41, 5.74) is 11.9. The first kappa shape index (κ1) is 31.1. The van der Waals surface area contributed by atoms with E-state index in [0.717, 1.165) is 72.5 Å². The van der Waals surface area contributed by atoms with E-state index >= 15 is 0 Å². The van der Waals surface area contributed by atoms with Crippen LogP contribution < -0.4 is 0 Å². The third-order valence-corrected chi connectivity index (χ3v) is 9.82. The highest BCUT2D eigenvalue weighted by Crippen LogP contribution is 2.44. The number of aromatic nitrogens is 5. The summed E-state index contributed by atoms with van der Waals surface area (Å²) < 4.78 is 4.31. The van der Waals surface area contributed by atoms with Crippen LogP contribution in [0, 0.1) is 0 Å². The Hall–Kier alpha value is -5.23. The normalized spacial score (nSPS) is 13.1. The van der Waals surface area contributed by atoms with Crippen molar-refractivity contribution in [3.8, 4) is 28.1 Å². The van der Waals surface area contributed by atoms with Crippen molar-refractivity contribution in [3.63, 3.8) is 0 Å². The molecule has 0 fully saturated rings. The summed E-state index contributed by atoms with van der Waals surface area (Å²) in [4.78, 5) is 15.6. The molecule has 0 aliphatic heterocycles.